The summed E-state index contributed by atoms with van der Waals surface area (Å²) in [5.41, 5.74) is 7.42. The molecular weight excluding hydrogens is 378 g/mol. The second-order valence-electron chi connectivity index (χ2n) is 8.82. The summed E-state index contributed by atoms with van der Waals surface area (Å²) in [6.45, 7) is 8.08. The van der Waals surface area contributed by atoms with Crippen LogP contribution >= 0.6 is 0 Å². The van der Waals surface area contributed by atoms with E-state index >= 15 is 0 Å². The van der Waals surface area contributed by atoms with Gasteiger partial charge in [0.2, 0.25) is 5.91 Å². The Morgan fingerprint density at radius 1 is 1.00 bits per heavy atom. The van der Waals surface area contributed by atoms with Gasteiger partial charge in [-0.1, -0.05) is 6.92 Å². The minimum atomic E-state index is -0.166. The van der Waals surface area contributed by atoms with Crippen LogP contribution in [0.3, 0.4) is 0 Å². The molecule has 0 atom stereocenters. The standard InChI is InChI=1S/C23H37N5O2/c1-18-8-16-28(17-9-18)21-6-4-20(5-7-21)26-23(30)25-12-2-3-13-27-14-10-19(11-15-27)22(24)29/h4-7,18-19H,2-3,8-17H2,1H3,(H2,24,29)(H2,25,26,30). The third-order valence-electron chi connectivity index (χ3n) is 6.45. The summed E-state index contributed by atoms with van der Waals surface area (Å²) in [5, 5.41) is 5.85. The van der Waals surface area contributed by atoms with Gasteiger partial charge in [0.15, 0.2) is 0 Å². The van der Waals surface area contributed by atoms with Gasteiger partial charge < -0.3 is 26.2 Å². The molecule has 7 heteroatoms. The van der Waals surface area contributed by atoms with Gasteiger partial charge in [-0.3, -0.25) is 4.79 Å². The van der Waals surface area contributed by atoms with Crippen molar-refractivity contribution >= 4 is 23.3 Å². The highest BCUT2D eigenvalue weighted by molar-refractivity contribution is 5.89. The van der Waals surface area contributed by atoms with Crippen LogP contribution in [0, 0.1) is 11.8 Å². The Kier molecular flexibility index (Phi) is 8.37. The average Bonchev–Trinajstić information content (AvgIpc) is 2.75. The second kappa shape index (κ2) is 11.2. The highest BCUT2D eigenvalue weighted by Gasteiger charge is 2.22. The number of piperidine rings is 2. The first-order valence-electron chi connectivity index (χ1n) is 11.4. The molecule has 166 valence electrons. The molecule has 2 aliphatic rings. The number of nitrogens with zero attached hydrogens (tertiary/aromatic N) is 2. The number of urea groups is 1. The number of rotatable bonds is 8. The van der Waals surface area contributed by atoms with Gasteiger partial charge in [0.1, 0.15) is 0 Å². The fourth-order valence-corrected chi connectivity index (χ4v) is 4.30. The smallest absolute Gasteiger partial charge is 0.319 e. The number of anilines is 2. The zero-order valence-electron chi connectivity index (χ0n) is 18.2. The molecule has 0 bridgehead atoms. The van der Waals surface area contributed by atoms with Crippen LogP contribution in [0.25, 0.3) is 0 Å². The van der Waals surface area contributed by atoms with Crippen LogP contribution in [0.4, 0.5) is 16.2 Å². The number of unbranched alkanes of at least 4 members (excludes halogenated alkanes) is 1. The molecule has 2 aliphatic heterocycles. The SMILES string of the molecule is CC1CCN(c2ccc(NC(=O)NCCCCN3CCC(C(N)=O)CC3)cc2)CC1. The molecule has 30 heavy (non-hydrogen) atoms. The van der Waals surface area contributed by atoms with Crippen molar-refractivity contribution in [2.45, 2.75) is 45.4 Å². The molecule has 0 aliphatic carbocycles. The molecule has 0 unspecified atom stereocenters. The van der Waals surface area contributed by atoms with Crippen LogP contribution in [-0.2, 0) is 4.79 Å². The van der Waals surface area contributed by atoms with Gasteiger partial charge in [-0.2, -0.15) is 0 Å². The molecule has 3 rings (SSSR count). The average molecular weight is 416 g/mol. The fraction of sp³-hybridized carbons (Fsp3) is 0.652. The van der Waals surface area contributed by atoms with Crippen LogP contribution in [0.1, 0.15) is 45.4 Å². The molecule has 4 N–H and O–H groups in total. The maximum Gasteiger partial charge on any atom is 0.319 e. The third kappa shape index (κ3) is 6.90. The van der Waals surface area contributed by atoms with E-state index in [4.69, 9.17) is 5.73 Å². The van der Waals surface area contributed by atoms with Crippen molar-refractivity contribution in [3.8, 4) is 0 Å². The number of nitrogens with two attached hydrogens (primary N) is 1. The number of carbonyl (C=O) groups excluding carboxylic acids is 2. The van der Waals surface area contributed by atoms with E-state index in [0.29, 0.717) is 6.54 Å². The fourth-order valence-electron chi connectivity index (χ4n) is 4.30. The number of benzene rings is 1. The maximum atomic E-state index is 12.1. The molecule has 0 saturated carbocycles. The summed E-state index contributed by atoms with van der Waals surface area (Å²) in [6.07, 6.45) is 6.19. The van der Waals surface area contributed by atoms with E-state index in [1.54, 1.807) is 0 Å². The third-order valence-corrected chi connectivity index (χ3v) is 6.45. The van der Waals surface area contributed by atoms with Crippen molar-refractivity contribution < 1.29 is 9.59 Å². The van der Waals surface area contributed by atoms with E-state index in [9.17, 15) is 9.59 Å². The van der Waals surface area contributed by atoms with Gasteiger partial charge in [0.25, 0.3) is 0 Å². The van der Waals surface area contributed by atoms with Gasteiger partial charge in [-0.25, -0.2) is 4.79 Å². The lowest BCUT2D eigenvalue weighted by atomic mass is 9.96. The summed E-state index contributed by atoms with van der Waals surface area (Å²) in [7, 11) is 0. The summed E-state index contributed by atoms with van der Waals surface area (Å²) in [4.78, 5) is 28.1. The molecule has 3 amide bonds. The minimum Gasteiger partial charge on any atom is -0.372 e. The van der Waals surface area contributed by atoms with Gasteiger partial charge in [0, 0.05) is 36.9 Å². The van der Waals surface area contributed by atoms with Gasteiger partial charge in [-0.05, 0) is 88.3 Å². The molecule has 0 aromatic heterocycles. The number of carbonyl (C=O) groups is 2. The quantitative estimate of drug-likeness (QED) is 0.569. The van der Waals surface area contributed by atoms with Crippen molar-refractivity contribution in [3.05, 3.63) is 24.3 Å². The first-order valence-corrected chi connectivity index (χ1v) is 11.4. The second-order valence-corrected chi connectivity index (χ2v) is 8.82. The Morgan fingerprint density at radius 3 is 2.30 bits per heavy atom. The molecule has 2 heterocycles. The first kappa shape index (κ1) is 22.4. The normalized spacial score (nSPS) is 18.9. The summed E-state index contributed by atoms with van der Waals surface area (Å²) < 4.78 is 0. The molecule has 1 aromatic rings. The van der Waals surface area contributed by atoms with Crippen LogP contribution in [-0.4, -0.2) is 56.1 Å². The lowest BCUT2D eigenvalue weighted by Crippen LogP contribution is -2.39. The molecule has 2 saturated heterocycles. The molecule has 7 nitrogen and oxygen atoms in total. The largest absolute Gasteiger partial charge is 0.372 e. The minimum absolute atomic E-state index is 0.0456. The van der Waals surface area contributed by atoms with Gasteiger partial charge in [0.05, 0.1) is 0 Å². The van der Waals surface area contributed by atoms with Crippen LogP contribution < -0.4 is 21.3 Å². The zero-order valence-corrected chi connectivity index (χ0v) is 18.2. The molecule has 0 radical (unpaired) electrons. The number of amides is 3. The van der Waals surface area contributed by atoms with Crippen molar-refractivity contribution in [3.63, 3.8) is 0 Å². The number of likely N-dealkylation sites (tertiary alicyclic amines) is 1. The van der Waals surface area contributed by atoms with E-state index < -0.39 is 0 Å². The van der Waals surface area contributed by atoms with E-state index in [-0.39, 0.29) is 17.9 Å². The van der Waals surface area contributed by atoms with Gasteiger partial charge in [-0.15, -0.1) is 0 Å². The molecule has 1 aromatic carbocycles. The lowest BCUT2D eigenvalue weighted by molar-refractivity contribution is -0.123. The molecular formula is C23H37N5O2. The first-order chi connectivity index (χ1) is 14.5. The number of nitrogens with one attached hydrogen (secondary N) is 2. The summed E-state index contributed by atoms with van der Waals surface area (Å²) >= 11 is 0. The Labute approximate surface area is 180 Å². The Hall–Kier alpha value is -2.28. The van der Waals surface area contributed by atoms with Crippen molar-refractivity contribution in [2.75, 3.05) is 49.5 Å². The Balaban J connectivity index is 1.27. The zero-order chi connectivity index (χ0) is 21.3. The maximum absolute atomic E-state index is 12.1. The summed E-state index contributed by atoms with van der Waals surface area (Å²) in [5.74, 6) is 0.699. The van der Waals surface area contributed by atoms with Crippen LogP contribution in [0.2, 0.25) is 0 Å². The topological polar surface area (TPSA) is 90.7 Å². The number of primary amides is 1. The monoisotopic (exact) mass is 415 g/mol. The lowest BCUT2D eigenvalue weighted by Gasteiger charge is -2.32. The van der Waals surface area contributed by atoms with Crippen LogP contribution in [0.5, 0.6) is 0 Å². The Bertz CT molecular complexity index is 677. The van der Waals surface area contributed by atoms with Crippen molar-refractivity contribution in [2.24, 2.45) is 17.6 Å². The van der Waals surface area contributed by atoms with E-state index in [1.807, 2.05) is 12.1 Å². The number of hydrogen-bond acceptors (Lipinski definition) is 4. The highest BCUT2D eigenvalue weighted by Crippen LogP contribution is 2.24. The van der Waals surface area contributed by atoms with Crippen molar-refractivity contribution in [1.82, 2.24) is 10.2 Å². The van der Waals surface area contributed by atoms with Gasteiger partial charge >= 0.3 is 6.03 Å². The van der Waals surface area contributed by atoms with E-state index in [0.717, 1.165) is 70.0 Å². The van der Waals surface area contributed by atoms with Crippen molar-refractivity contribution in [1.29, 1.82) is 0 Å². The molecule has 0 spiro atoms. The summed E-state index contributed by atoms with van der Waals surface area (Å²) in [6, 6.07) is 7.97. The predicted octanol–water partition coefficient (Wildman–Crippen LogP) is 3.02. The van der Waals surface area contributed by atoms with Crippen LogP contribution in [0.15, 0.2) is 24.3 Å². The van der Waals surface area contributed by atoms with E-state index in [2.05, 4.69) is 39.5 Å². The molecule has 2 fully saturated rings. The highest BCUT2D eigenvalue weighted by atomic mass is 16.2. The number of hydrogen-bond donors (Lipinski definition) is 3. The Morgan fingerprint density at radius 2 is 1.67 bits per heavy atom. The predicted molar refractivity (Wildman–Crippen MR) is 122 cm³/mol. The van der Waals surface area contributed by atoms with E-state index in [1.165, 1.54) is 18.5 Å².